The molecule has 6 heteroatoms. The molecular formula is C11H18N4O2. The number of β-amino-alcohol motifs (C(OH)–C–C–N with tert-alkyl or cyclic N) is 1. The molecular weight excluding hydrogens is 220 g/mol. The molecule has 1 saturated heterocycles. The van der Waals surface area contributed by atoms with Crippen LogP contribution in [0.1, 0.15) is 19.8 Å². The van der Waals surface area contributed by atoms with Gasteiger partial charge in [0.05, 0.1) is 12.3 Å². The molecule has 0 aliphatic carbocycles. The number of urea groups is 1. The summed E-state index contributed by atoms with van der Waals surface area (Å²) in [6, 6.07) is 1.61. The molecule has 17 heavy (non-hydrogen) atoms. The van der Waals surface area contributed by atoms with Crippen molar-refractivity contribution >= 4 is 11.8 Å². The summed E-state index contributed by atoms with van der Waals surface area (Å²) in [5, 5.41) is 16.3. The van der Waals surface area contributed by atoms with Gasteiger partial charge in [-0.3, -0.25) is 5.32 Å². The normalized spacial score (nSPS) is 19.6. The number of nitrogens with one attached hydrogen (secondary N) is 1. The standard InChI is InChI=1S/C11H18N4O2/c1-2-6-15-10(3-5-12-15)13-11(17)14-7-4-9(16)8-14/h3,5,9,16H,2,4,6-8H2,1H3,(H,13,17)/t9-/m0/s1. The van der Waals surface area contributed by atoms with Gasteiger partial charge < -0.3 is 10.0 Å². The molecule has 2 rings (SSSR count). The van der Waals surface area contributed by atoms with Crippen molar-refractivity contribution < 1.29 is 9.90 Å². The number of carbonyl (C=O) groups is 1. The number of hydrogen-bond acceptors (Lipinski definition) is 3. The summed E-state index contributed by atoms with van der Waals surface area (Å²) in [6.07, 6.45) is 2.90. The first kappa shape index (κ1) is 11.9. The quantitative estimate of drug-likeness (QED) is 0.821. The van der Waals surface area contributed by atoms with Gasteiger partial charge >= 0.3 is 6.03 Å². The van der Waals surface area contributed by atoms with E-state index in [0.717, 1.165) is 13.0 Å². The summed E-state index contributed by atoms with van der Waals surface area (Å²) < 4.78 is 1.77. The minimum Gasteiger partial charge on any atom is -0.391 e. The smallest absolute Gasteiger partial charge is 0.323 e. The minimum atomic E-state index is -0.388. The van der Waals surface area contributed by atoms with Crippen molar-refractivity contribution in [1.29, 1.82) is 0 Å². The molecule has 0 saturated carbocycles. The number of likely N-dealkylation sites (tertiary alicyclic amines) is 1. The van der Waals surface area contributed by atoms with Crippen LogP contribution in [0.3, 0.4) is 0 Å². The van der Waals surface area contributed by atoms with Gasteiger partial charge in [-0.25, -0.2) is 9.48 Å². The number of nitrogens with zero attached hydrogens (tertiary/aromatic N) is 3. The summed E-state index contributed by atoms with van der Waals surface area (Å²) in [6.45, 7) is 3.86. The number of rotatable bonds is 3. The van der Waals surface area contributed by atoms with Crippen molar-refractivity contribution in [2.75, 3.05) is 18.4 Å². The van der Waals surface area contributed by atoms with Crippen LogP contribution in [0.15, 0.2) is 12.3 Å². The predicted octanol–water partition coefficient (Wildman–Crippen LogP) is 0.892. The lowest BCUT2D eigenvalue weighted by molar-refractivity contribution is 0.176. The van der Waals surface area contributed by atoms with Crippen LogP contribution in [0.5, 0.6) is 0 Å². The number of hydrogen-bond donors (Lipinski definition) is 2. The molecule has 2 heterocycles. The lowest BCUT2D eigenvalue weighted by atomic mass is 10.3. The van der Waals surface area contributed by atoms with E-state index in [1.165, 1.54) is 0 Å². The van der Waals surface area contributed by atoms with Crippen molar-refractivity contribution in [2.45, 2.75) is 32.4 Å². The first-order valence-corrected chi connectivity index (χ1v) is 5.96. The van der Waals surface area contributed by atoms with Crippen LogP contribution in [0, 0.1) is 0 Å². The molecule has 0 bridgehead atoms. The van der Waals surface area contributed by atoms with E-state index < -0.39 is 0 Å². The molecule has 1 atom stereocenters. The average Bonchev–Trinajstić information content (AvgIpc) is 2.89. The summed E-state index contributed by atoms with van der Waals surface area (Å²) in [7, 11) is 0. The minimum absolute atomic E-state index is 0.167. The Hall–Kier alpha value is -1.56. The van der Waals surface area contributed by atoms with Crippen molar-refractivity contribution in [3.63, 3.8) is 0 Å². The topological polar surface area (TPSA) is 70.4 Å². The van der Waals surface area contributed by atoms with E-state index in [-0.39, 0.29) is 12.1 Å². The largest absolute Gasteiger partial charge is 0.391 e. The van der Waals surface area contributed by atoms with Gasteiger partial charge in [0.1, 0.15) is 5.82 Å². The predicted molar refractivity (Wildman–Crippen MR) is 63.7 cm³/mol. The van der Waals surface area contributed by atoms with Crippen LogP contribution in [0.2, 0.25) is 0 Å². The lowest BCUT2D eigenvalue weighted by Gasteiger charge is -2.16. The van der Waals surface area contributed by atoms with Gasteiger partial charge in [0.2, 0.25) is 0 Å². The van der Waals surface area contributed by atoms with Gasteiger partial charge in [0.25, 0.3) is 0 Å². The van der Waals surface area contributed by atoms with E-state index in [1.807, 2.05) is 0 Å². The fraction of sp³-hybridized carbons (Fsp3) is 0.636. The highest BCUT2D eigenvalue weighted by atomic mass is 16.3. The second-order valence-electron chi connectivity index (χ2n) is 4.26. The number of aliphatic hydroxyl groups is 1. The van der Waals surface area contributed by atoms with Gasteiger partial charge in [-0.1, -0.05) is 6.92 Å². The zero-order chi connectivity index (χ0) is 12.3. The van der Waals surface area contributed by atoms with E-state index in [0.29, 0.717) is 25.3 Å². The van der Waals surface area contributed by atoms with Crippen LogP contribution in [0.25, 0.3) is 0 Å². The highest BCUT2D eigenvalue weighted by Gasteiger charge is 2.24. The van der Waals surface area contributed by atoms with Crippen molar-refractivity contribution in [1.82, 2.24) is 14.7 Å². The number of aryl methyl sites for hydroxylation is 1. The fourth-order valence-corrected chi connectivity index (χ4v) is 1.94. The van der Waals surface area contributed by atoms with Gasteiger partial charge in [0, 0.05) is 25.7 Å². The van der Waals surface area contributed by atoms with E-state index in [4.69, 9.17) is 0 Å². The lowest BCUT2D eigenvalue weighted by Crippen LogP contribution is -2.34. The van der Waals surface area contributed by atoms with Gasteiger partial charge in [-0.05, 0) is 12.8 Å². The van der Waals surface area contributed by atoms with Gasteiger partial charge in [0.15, 0.2) is 0 Å². The zero-order valence-corrected chi connectivity index (χ0v) is 9.96. The molecule has 2 N–H and O–H groups in total. The van der Waals surface area contributed by atoms with Crippen LogP contribution in [0.4, 0.5) is 10.6 Å². The molecule has 1 aromatic heterocycles. The second-order valence-corrected chi connectivity index (χ2v) is 4.26. The van der Waals surface area contributed by atoms with E-state index in [2.05, 4.69) is 17.3 Å². The number of carbonyl (C=O) groups excluding carboxylic acids is 1. The summed E-state index contributed by atoms with van der Waals surface area (Å²) in [5.41, 5.74) is 0. The molecule has 0 unspecified atom stereocenters. The highest BCUT2D eigenvalue weighted by Crippen LogP contribution is 2.12. The Morgan fingerprint density at radius 1 is 1.71 bits per heavy atom. The molecule has 6 nitrogen and oxygen atoms in total. The first-order valence-electron chi connectivity index (χ1n) is 5.96. The van der Waals surface area contributed by atoms with E-state index in [1.54, 1.807) is 21.8 Å². The molecule has 0 radical (unpaired) electrons. The summed E-state index contributed by atoms with van der Waals surface area (Å²) >= 11 is 0. The fourth-order valence-electron chi connectivity index (χ4n) is 1.94. The number of anilines is 1. The Labute approximate surface area is 100 Å². The second kappa shape index (κ2) is 5.18. The Bertz CT molecular complexity index is 391. The van der Waals surface area contributed by atoms with Crippen molar-refractivity contribution in [3.8, 4) is 0 Å². The molecule has 0 aromatic carbocycles. The SMILES string of the molecule is CCCn1nccc1NC(=O)N1CC[C@H](O)C1. The van der Waals surface area contributed by atoms with Crippen LogP contribution >= 0.6 is 0 Å². The third kappa shape index (κ3) is 2.76. The van der Waals surface area contributed by atoms with Crippen LogP contribution in [-0.4, -0.2) is 45.0 Å². The Kier molecular flexibility index (Phi) is 3.63. The summed E-state index contributed by atoms with van der Waals surface area (Å²) in [4.78, 5) is 13.5. The van der Waals surface area contributed by atoms with Gasteiger partial charge in [-0.15, -0.1) is 0 Å². The summed E-state index contributed by atoms with van der Waals surface area (Å²) in [5.74, 6) is 0.707. The van der Waals surface area contributed by atoms with Crippen molar-refractivity contribution in [3.05, 3.63) is 12.3 Å². The average molecular weight is 238 g/mol. The molecule has 94 valence electrons. The van der Waals surface area contributed by atoms with Crippen molar-refractivity contribution in [2.24, 2.45) is 0 Å². The Balaban J connectivity index is 1.95. The van der Waals surface area contributed by atoms with Crippen LogP contribution < -0.4 is 5.32 Å². The Morgan fingerprint density at radius 3 is 3.18 bits per heavy atom. The third-order valence-electron chi connectivity index (χ3n) is 2.84. The molecule has 0 spiro atoms. The maximum Gasteiger partial charge on any atom is 0.323 e. The maximum atomic E-state index is 11.9. The monoisotopic (exact) mass is 238 g/mol. The molecule has 1 fully saturated rings. The molecule has 1 aliphatic rings. The molecule has 1 aliphatic heterocycles. The maximum absolute atomic E-state index is 11.9. The molecule has 1 aromatic rings. The first-order chi connectivity index (χ1) is 8.20. The third-order valence-corrected chi connectivity index (χ3v) is 2.84. The van der Waals surface area contributed by atoms with Gasteiger partial charge in [-0.2, -0.15) is 5.10 Å². The zero-order valence-electron chi connectivity index (χ0n) is 9.96. The van der Waals surface area contributed by atoms with E-state index in [9.17, 15) is 9.90 Å². The van der Waals surface area contributed by atoms with E-state index >= 15 is 0 Å². The highest BCUT2D eigenvalue weighted by molar-refractivity contribution is 5.88. The molecule has 2 amide bonds. The number of aliphatic hydroxyl groups excluding tert-OH is 1. The van der Waals surface area contributed by atoms with Crippen LogP contribution in [-0.2, 0) is 6.54 Å². The Morgan fingerprint density at radius 2 is 2.53 bits per heavy atom. The number of amides is 2. The number of aromatic nitrogens is 2.